The normalized spacial score (nSPS) is 11.3. The number of nitro benzene ring substituents is 1. The van der Waals surface area contributed by atoms with Crippen LogP contribution < -0.4 is 14.5 Å². The van der Waals surface area contributed by atoms with E-state index in [0.717, 1.165) is 4.31 Å². The van der Waals surface area contributed by atoms with Crippen molar-refractivity contribution in [2.24, 2.45) is 5.10 Å². The second-order valence-electron chi connectivity index (χ2n) is 7.96. The molecule has 0 atom stereocenters. The number of nitrogens with one attached hydrogen (secondary N) is 1. The second-order valence-corrected chi connectivity index (χ2v) is 10.3. The molecule has 1 N–H and O–H groups in total. The van der Waals surface area contributed by atoms with Crippen molar-refractivity contribution < 1.29 is 27.3 Å². The number of hydrazone groups is 1. The van der Waals surface area contributed by atoms with Gasteiger partial charge in [-0.05, 0) is 72.8 Å². The first-order chi connectivity index (χ1) is 18.7. The van der Waals surface area contributed by atoms with Gasteiger partial charge in [-0.2, -0.15) is 5.10 Å². The molecule has 1 aromatic heterocycles. The molecule has 3 aromatic carbocycles. The zero-order valence-corrected chi connectivity index (χ0v) is 21.9. The van der Waals surface area contributed by atoms with Crippen molar-refractivity contribution in [1.82, 2.24) is 5.43 Å². The fraction of sp³-hybridized carbons (Fsp3) is 0.0769. The van der Waals surface area contributed by atoms with Crippen LogP contribution in [0, 0.1) is 10.1 Å². The first kappa shape index (κ1) is 27.4. The summed E-state index contributed by atoms with van der Waals surface area (Å²) in [6, 6.07) is 20.8. The van der Waals surface area contributed by atoms with Crippen LogP contribution in [0.25, 0.3) is 11.3 Å². The van der Waals surface area contributed by atoms with Crippen LogP contribution in [-0.4, -0.2) is 39.1 Å². The summed E-state index contributed by atoms with van der Waals surface area (Å²) in [5, 5.41) is 15.1. The van der Waals surface area contributed by atoms with E-state index in [-0.39, 0.29) is 16.3 Å². The lowest BCUT2D eigenvalue weighted by Gasteiger charge is -2.23. The first-order valence-electron chi connectivity index (χ1n) is 11.3. The van der Waals surface area contributed by atoms with Gasteiger partial charge in [0.15, 0.2) is 0 Å². The molecule has 0 saturated heterocycles. The molecule has 0 aliphatic heterocycles. The summed E-state index contributed by atoms with van der Waals surface area (Å²) in [4.78, 5) is 23.0. The number of amides is 1. The summed E-state index contributed by atoms with van der Waals surface area (Å²) in [5.41, 5.74) is 3.10. The van der Waals surface area contributed by atoms with Crippen LogP contribution in [0.15, 0.2) is 99.3 Å². The predicted octanol–water partition coefficient (Wildman–Crippen LogP) is 4.86. The highest BCUT2D eigenvalue weighted by atomic mass is 35.5. The number of hydrogen-bond donors (Lipinski definition) is 1. The number of non-ortho nitro benzene ring substituents is 1. The van der Waals surface area contributed by atoms with E-state index in [1.807, 2.05) is 0 Å². The number of carbonyl (C=O) groups excluding carboxylic acids is 1. The van der Waals surface area contributed by atoms with Crippen molar-refractivity contribution in [3.63, 3.8) is 0 Å². The van der Waals surface area contributed by atoms with E-state index in [0.29, 0.717) is 27.9 Å². The highest BCUT2D eigenvalue weighted by Crippen LogP contribution is 2.27. The first-order valence-corrected chi connectivity index (χ1v) is 13.1. The maximum atomic E-state index is 13.4. The average molecular weight is 569 g/mol. The van der Waals surface area contributed by atoms with Gasteiger partial charge in [-0.25, -0.2) is 13.8 Å². The molecular weight excluding hydrogens is 548 g/mol. The maximum absolute atomic E-state index is 13.4. The molecule has 0 radical (unpaired) electrons. The predicted molar refractivity (Wildman–Crippen MR) is 146 cm³/mol. The number of furan rings is 1. The highest BCUT2D eigenvalue weighted by molar-refractivity contribution is 7.92. The van der Waals surface area contributed by atoms with Gasteiger partial charge >= 0.3 is 0 Å². The number of nitro groups is 1. The Morgan fingerprint density at radius 1 is 1.05 bits per heavy atom. The number of methoxy groups -OCH3 is 1. The minimum atomic E-state index is -4.14. The van der Waals surface area contributed by atoms with Gasteiger partial charge in [0.2, 0.25) is 0 Å². The molecule has 11 nitrogen and oxygen atoms in total. The molecule has 39 heavy (non-hydrogen) atoms. The van der Waals surface area contributed by atoms with Gasteiger partial charge < -0.3 is 9.15 Å². The van der Waals surface area contributed by atoms with E-state index in [2.05, 4.69) is 10.5 Å². The smallest absolute Gasteiger partial charge is 0.269 e. The second kappa shape index (κ2) is 11.8. The molecule has 0 aliphatic carbocycles. The van der Waals surface area contributed by atoms with Crippen LogP contribution >= 0.6 is 11.6 Å². The maximum Gasteiger partial charge on any atom is 0.269 e. The Hall–Kier alpha value is -4.68. The molecule has 0 saturated carbocycles. The lowest BCUT2D eigenvalue weighted by Crippen LogP contribution is -2.39. The Kier molecular flexibility index (Phi) is 8.27. The highest BCUT2D eigenvalue weighted by Gasteiger charge is 2.27. The van der Waals surface area contributed by atoms with Crippen LogP contribution in [0.4, 0.5) is 11.4 Å². The fourth-order valence-electron chi connectivity index (χ4n) is 3.46. The number of nitrogens with zero attached hydrogens (tertiary/aromatic N) is 3. The van der Waals surface area contributed by atoms with Crippen molar-refractivity contribution in [1.29, 1.82) is 0 Å². The van der Waals surface area contributed by atoms with E-state index in [9.17, 15) is 23.3 Å². The van der Waals surface area contributed by atoms with Crippen LogP contribution in [0.3, 0.4) is 0 Å². The zero-order chi connectivity index (χ0) is 28.0. The molecule has 0 fully saturated rings. The van der Waals surface area contributed by atoms with Crippen molar-refractivity contribution in [2.45, 2.75) is 4.90 Å². The summed E-state index contributed by atoms with van der Waals surface area (Å²) in [6.07, 6.45) is 1.25. The van der Waals surface area contributed by atoms with E-state index < -0.39 is 27.4 Å². The molecule has 0 spiro atoms. The molecule has 200 valence electrons. The largest absolute Gasteiger partial charge is 0.497 e. The standard InChI is InChI=1S/C26H21ClN4O7S/c1-37-22-10-13-24(14-11-22)39(35,36)30(20-8-4-19(27)5-9-20)17-26(32)29-28-16-23-12-15-25(38-23)18-2-6-21(7-3-18)31(33)34/h2-16H,17H2,1H3,(H,29,32)/b28-16-. The van der Waals surface area contributed by atoms with Crippen molar-refractivity contribution in [3.05, 3.63) is 106 Å². The Labute approximate surface area is 228 Å². The molecule has 4 aromatic rings. The lowest BCUT2D eigenvalue weighted by molar-refractivity contribution is -0.384. The zero-order valence-electron chi connectivity index (χ0n) is 20.4. The van der Waals surface area contributed by atoms with Gasteiger partial charge in [-0.3, -0.25) is 19.2 Å². The third kappa shape index (κ3) is 6.61. The number of anilines is 1. The van der Waals surface area contributed by atoms with Crippen molar-refractivity contribution >= 4 is 45.1 Å². The monoisotopic (exact) mass is 568 g/mol. The van der Waals surface area contributed by atoms with Gasteiger partial charge in [-0.15, -0.1) is 0 Å². The van der Waals surface area contributed by atoms with E-state index in [4.69, 9.17) is 20.8 Å². The van der Waals surface area contributed by atoms with Crippen molar-refractivity contribution in [2.75, 3.05) is 18.0 Å². The molecule has 0 unspecified atom stereocenters. The molecule has 4 rings (SSSR count). The molecule has 13 heteroatoms. The summed E-state index contributed by atoms with van der Waals surface area (Å²) in [7, 11) is -2.67. The van der Waals surface area contributed by atoms with Crippen LogP contribution in [0.5, 0.6) is 5.75 Å². The molecule has 0 aliphatic rings. The van der Waals surface area contributed by atoms with E-state index in [1.54, 1.807) is 24.3 Å². The number of ether oxygens (including phenoxy) is 1. The number of halogens is 1. The van der Waals surface area contributed by atoms with Gasteiger partial charge in [0.05, 0.1) is 28.8 Å². The number of carbonyl (C=O) groups is 1. The number of rotatable bonds is 10. The van der Waals surface area contributed by atoms with E-state index in [1.165, 1.54) is 74.0 Å². The summed E-state index contributed by atoms with van der Waals surface area (Å²) in [5.74, 6) is 0.510. The molecule has 1 heterocycles. The van der Waals surface area contributed by atoms with E-state index >= 15 is 0 Å². The minimum Gasteiger partial charge on any atom is -0.497 e. The third-order valence-corrected chi connectivity index (χ3v) is 7.46. The number of hydrogen-bond acceptors (Lipinski definition) is 8. The quantitative estimate of drug-likeness (QED) is 0.163. The van der Waals surface area contributed by atoms with Gasteiger partial charge in [0.1, 0.15) is 23.8 Å². The topological polar surface area (TPSA) is 144 Å². The number of benzene rings is 3. The lowest BCUT2D eigenvalue weighted by atomic mass is 10.1. The molecule has 0 bridgehead atoms. The Morgan fingerprint density at radius 3 is 2.33 bits per heavy atom. The minimum absolute atomic E-state index is 0.0380. The van der Waals surface area contributed by atoms with Gasteiger partial charge in [-0.1, -0.05) is 11.6 Å². The Morgan fingerprint density at radius 2 is 1.72 bits per heavy atom. The SMILES string of the molecule is COc1ccc(S(=O)(=O)N(CC(=O)N/N=C\c2ccc(-c3ccc([N+](=O)[O-])cc3)o2)c2ccc(Cl)cc2)cc1. The fourth-order valence-corrected chi connectivity index (χ4v) is 5.00. The number of sulfonamides is 1. The Balaban J connectivity index is 1.48. The third-order valence-electron chi connectivity index (χ3n) is 5.42. The summed E-state index contributed by atoms with van der Waals surface area (Å²) < 4.78 is 38.5. The van der Waals surface area contributed by atoms with Crippen LogP contribution in [0.2, 0.25) is 5.02 Å². The summed E-state index contributed by atoms with van der Waals surface area (Å²) in [6.45, 7) is -0.570. The Bertz CT molecular complexity index is 1600. The van der Waals surface area contributed by atoms with Crippen molar-refractivity contribution in [3.8, 4) is 17.1 Å². The van der Waals surface area contributed by atoms with Crippen LogP contribution in [0.1, 0.15) is 5.76 Å². The molecule has 1 amide bonds. The van der Waals surface area contributed by atoms with Crippen LogP contribution in [-0.2, 0) is 14.8 Å². The summed E-state index contributed by atoms with van der Waals surface area (Å²) >= 11 is 5.96. The van der Waals surface area contributed by atoms with Gasteiger partial charge in [0.25, 0.3) is 21.6 Å². The van der Waals surface area contributed by atoms with Gasteiger partial charge in [0, 0.05) is 22.7 Å². The average Bonchev–Trinajstić information content (AvgIpc) is 3.41. The molecular formula is C26H21ClN4O7S.